The Hall–Kier alpha value is -10.6. The van der Waals surface area contributed by atoms with Gasteiger partial charge in [-0.3, -0.25) is 14.4 Å². The molecule has 554 valence electrons. The molecule has 4 aromatic carbocycles. The second-order valence-electron chi connectivity index (χ2n) is 23.0. The molecule has 0 unspecified atom stereocenters. The van der Waals surface area contributed by atoms with Crippen molar-refractivity contribution in [3.05, 3.63) is 193 Å². The number of amides is 4. The summed E-state index contributed by atoms with van der Waals surface area (Å²) < 4.78 is 75.8. The van der Waals surface area contributed by atoms with Gasteiger partial charge in [-0.05, 0) is 59.5 Å². The smallest absolute Gasteiger partial charge is 0.410 e. The SMILES string of the molecule is C.CCCCCN.CN(CCCNC(=O)c1cc(-c2ccccc2)on1)C(=O)OC(C)(C)C.CN(CCCNC(=O)c1cc(-c2ccccc2)on1)S(=O)(=O)c1nccn1C.Cn1ccnc1S(=O)(=O)Cl.NCCCNC(=O)c1cc(-c2ccccc2)on1.O=C(O)c1cc(-c2ccccc2)on1. The highest BCUT2D eigenvalue weighted by molar-refractivity contribution is 8.13. The van der Waals surface area contributed by atoms with Gasteiger partial charge in [-0.15, -0.1) is 0 Å². The quantitative estimate of drug-likeness (QED) is 0.0229. The maximum absolute atomic E-state index is 12.4. The second kappa shape index (κ2) is 43.2. The molecule has 0 saturated heterocycles. The second-order valence-corrected chi connectivity index (χ2v) is 27.4. The summed E-state index contributed by atoms with van der Waals surface area (Å²) in [6.07, 6.45) is 11.0. The number of carbonyl (C=O) groups excluding carboxylic acids is 4. The fourth-order valence-corrected chi connectivity index (χ4v) is 10.7. The van der Waals surface area contributed by atoms with Crippen LogP contribution in [0, 0.1) is 0 Å². The molecule has 0 radical (unpaired) electrons. The number of hydrogen-bond donors (Lipinski definition) is 6. The van der Waals surface area contributed by atoms with Crippen LogP contribution in [-0.2, 0) is 37.9 Å². The lowest BCUT2D eigenvalue weighted by Gasteiger charge is -2.24. The zero-order valence-electron chi connectivity index (χ0n) is 57.8. The average molecular weight is 1480 g/mol. The third-order valence-electron chi connectivity index (χ3n) is 13.7. The van der Waals surface area contributed by atoms with E-state index in [0.29, 0.717) is 68.6 Å². The minimum absolute atomic E-state index is 0. The molecular formula is C70H90ClN15O15S2. The summed E-state index contributed by atoms with van der Waals surface area (Å²) >= 11 is 0. The number of halogens is 1. The normalized spacial score (nSPS) is 10.8. The molecule has 8 N–H and O–H groups in total. The zero-order chi connectivity index (χ0) is 74.7. The Morgan fingerprint density at radius 3 is 1.17 bits per heavy atom. The highest BCUT2D eigenvalue weighted by atomic mass is 35.7. The summed E-state index contributed by atoms with van der Waals surface area (Å²) in [4.78, 5) is 67.2. The van der Waals surface area contributed by atoms with Crippen LogP contribution in [-0.4, -0.2) is 166 Å². The number of carboxylic acids is 1. The molecule has 0 saturated carbocycles. The van der Waals surface area contributed by atoms with Crippen molar-refractivity contribution >= 4 is 59.5 Å². The highest BCUT2D eigenvalue weighted by Gasteiger charge is 2.25. The summed E-state index contributed by atoms with van der Waals surface area (Å²) in [6.45, 7) is 11.0. The van der Waals surface area contributed by atoms with Gasteiger partial charge in [0.25, 0.3) is 36.8 Å². The lowest BCUT2D eigenvalue weighted by atomic mass is 10.1. The Morgan fingerprint density at radius 1 is 0.534 bits per heavy atom. The van der Waals surface area contributed by atoms with E-state index in [1.54, 1.807) is 45.5 Å². The fraction of sp³-hybridized carbons (Fsp3) is 0.329. The van der Waals surface area contributed by atoms with Crippen LogP contribution in [0.5, 0.6) is 0 Å². The van der Waals surface area contributed by atoms with Crippen molar-refractivity contribution in [2.75, 3.05) is 59.9 Å². The Labute approximate surface area is 603 Å². The van der Waals surface area contributed by atoms with E-state index in [1.807, 2.05) is 142 Å². The molecule has 6 aromatic heterocycles. The van der Waals surface area contributed by atoms with Crippen molar-refractivity contribution in [1.29, 1.82) is 0 Å². The lowest BCUT2D eigenvalue weighted by Crippen LogP contribution is -2.36. The summed E-state index contributed by atoms with van der Waals surface area (Å²) in [5.74, 6) is 0.0799. The van der Waals surface area contributed by atoms with Crippen molar-refractivity contribution in [2.45, 2.75) is 89.6 Å². The Kier molecular flexibility index (Phi) is 35.6. The van der Waals surface area contributed by atoms with E-state index < -0.39 is 30.6 Å². The van der Waals surface area contributed by atoms with Gasteiger partial charge in [0.2, 0.25) is 10.3 Å². The molecule has 0 atom stereocenters. The molecule has 0 aliphatic rings. The van der Waals surface area contributed by atoms with Crippen LogP contribution in [0.4, 0.5) is 4.79 Å². The first-order valence-electron chi connectivity index (χ1n) is 32.0. The molecule has 10 aromatic rings. The number of nitrogens with zero attached hydrogens (tertiary/aromatic N) is 10. The van der Waals surface area contributed by atoms with Gasteiger partial charge >= 0.3 is 12.1 Å². The fourth-order valence-electron chi connectivity index (χ4n) is 8.35. The van der Waals surface area contributed by atoms with E-state index >= 15 is 0 Å². The molecule has 6 heterocycles. The molecule has 30 nitrogen and oxygen atoms in total. The maximum Gasteiger partial charge on any atom is 0.410 e. The number of carboxylic acid groups (broad SMARTS) is 1. The van der Waals surface area contributed by atoms with E-state index in [9.17, 15) is 40.8 Å². The van der Waals surface area contributed by atoms with Gasteiger partial charge in [-0.2, -0.15) is 4.31 Å². The first-order chi connectivity index (χ1) is 48.7. The van der Waals surface area contributed by atoms with Gasteiger partial charge in [0.05, 0.1) is 0 Å². The number of benzene rings is 4. The summed E-state index contributed by atoms with van der Waals surface area (Å²) in [5, 5.41) is 31.4. The molecule has 10 rings (SSSR count). The van der Waals surface area contributed by atoms with Crippen molar-refractivity contribution in [3.8, 4) is 45.3 Å². The van der Waals surface area contributed by atoms with E-state index in [-0.39, 0.29) is 70.9 Å². The Balaban J connectivity index is 0.000000276. The number of carbonyl (C=O) groups is 5. The number of nitrogens with one attached hydrogen (secondary N) is 3. The average Bonchev–Trinajstić information content (AvgIpc) is 1.83. The standard InChI is InChI=1S/C19H25N3O4.C18H21N5O4S.C13H15N3O2.C10H7NO3.C5H13N.C4H5ClN2O2S.CH4/c1-19(2,3)25-18(24)22(4)12-8-11-20-17(23)15-13-16(26-21-15)14-9-6-5-7-10-14;1-22-12-10-20-18(22)28(25,26)23(2)11-6-9-19-17(24)15-13-16(27-21-15)14-7-4-3-5-8-14;14-7-4-8-15-13(17)11-9-12(18-16-11)10-5-2-1-3-6-10;12-10(13)8-6-9(14-11-8)7-4-2-1-3-5-7;1-2-3-4-5-6;1-7-3-2-6-4(7)10(5,8)9;/h5-7,9-10,13H,8,11-12H2,1-4H3,(H,20,23);3-5,7-8,10,12-13H,6,9,11H2,1-2H3,(H,19,24);1-3,5-6,9H,4,7-8,14H2,(H,15,17);1-6H,(H,12,13);2-6H2,1H3;2-3H,1H3;1H4. The minimum atomic E-state index is -3.67. The summed E-state index contributed by atoms with van der Waals surface area (Å²) in [5.41, 5.74) is 14.0. The zero-order valence-corrected chi connectivity index (χ0v) is 60.2. The number of aromatic nitrogens is 8. The monoisotopic (exact) mass is 1480 g/mol. The summed E-state index contributed by atoms with van der Waals surface area (Å²) in [6, 6.07) is 43.7. The molecule has 0 aliphatic heterocycles. The number of ether oxygens (including phenoxy) is 1. The summed E-state index contributed by atoms with van der Waals surface area (Å²) in [7, 11) is 3.99. The van der Waals surface area contributed by atoms with Crippen LogP contribution in [0.2, 0.25) is 0 Å². The topological polar surface area (TPSA) is 417 Å². The number of rotatable bonds is 25. The van der Waals surface area contributed by atoms with Crippen LogP contribution < -0.4 is 27.4 Å². The number of unbranched alkanes of at least 4 members (excludes halogenated alkanes) is 2. The Bertz CT molecular complexity index is 4380. The maximum atomic E-state index is 12.4. The van der Waals surface area contributed by atoms with Gasteiger partial charge in [-0.1, -0.05) is 169 Å². The predicted octanol–water partition coefficient (Wildman–Crippen LogP) is 10.4. The molecular weight excluding hydrogens is 1390 g/mol. The number of aryl methyl sites for hydroxylation is 2. The number of imidazole rings is 2. The molecule has 0 spiro atoms. The number of aromatic carboxylic acids is 1. The van der Waals surface area contributed by atoms with Crippen LogP contribution in [0.3, 0.4) is 0 Å². The van der Waals surface area contributed by atoms with Gasteiger partial charge in [0.15, 0.2) is 45.8 Å². The van der Waals surface area contributed by atoms with E-state index in [4.69, 9.17) is 50.1 Å². The van der Waals surface area contributed by atoms with Crippen LogP contribution in [0.1, 0.15) is 116 Å². The number of nitrogens with two attached hydrogens (primary N) is 2. The highest BCUT2D eigenvalue weighted by Crippen LogP contribution is 2.24. The van der Waals surface area contributed by atoms with Crippen molar-refractivity contribution in [1.82, 2.24) is 64.9 Å². The molecule has 0 fully saturated rings. The molecule has 0 bridgehead atoms. The first kappa shape index (κ1) is 84.8. The van der Waals surface area contributed by atoms with Gasteiger partial charge < -0.3 is 69.4 Å². The van der Waals surface area contributed by atoms with Gasteiger partial charge in [-0.25, -0.2) is 36.4 Å². The van der Waals surface area contributed by atoms with Crippen molar-refractivity contribution in [3.63, 3.8) is 0 Å². The number of sulfonamides is 1. The number of hydrogen-bond acceptors (Lipinski definition) is 22. The Morgan fingerprint density at radius 2 is 0.874 bits per heavy atom. The molecule has 0 aliphatic carbocycles. The van der Waals surface area contributed by atoms with Gasteiger partial charge in [0.1, 0.15) is 5.60 Å². The van der Waals surface area contributed by atoms with Crippen LogP contribution in [0.15, 0.2) is 199 Å². The third-order valence-corrected chi connectivity index (χ3v) is 16.8. The van der Waals surface area contributed by atoms with Gasteiger partial charge in [0, 0.05) is 143 Å². The van der Waals surface area contributed by atoms with Crippen molar-refractivity contribution < 1.29 is 68.7 Å². The first-order valence-corrected chi connectivity index (χ1v) is 35.8. The molecule has 33 heteroatoms. The van der Waals surface area contributed by atoms with E-state index in [0.717, 1.165) is 35.2 Å². The van der Waals surface area contributed by atoms with Crippen molar-refractivity contribution in [2.24, 2.45) is 25.6 Å². The largest absolute Gasteiger partial charge is 0.476 e. The minimum Gasteiger partial charge on any atom is -0.476 e. The van der Waals surface area contributed by atoms with E-state index in [1.165, 1.54) is 69.3 Å². The molecule has 103 heavy (non-hydrogen) atoms. The lowest BCUT2D eigenvalue weighted by molar-refractivity contribution is 0.0297. The van der Waals surface area contributed by atoms with Crippen LogP contribution >= 0.6 is 10.7 Å². The third kappa shape index (κ3) is 29.1. The van der Waals surface area contributed by atoms with E-state index in [2.05, 4.69) is 53.5 Å². The predicted molar refractivity (Wildman–Crippen MR) is 388 cm³/mol. The van der Waals surface area contributed by atoms with Crippen LogP contribution in [0.25, 0.3) is 45.3 Å². The molecule has 4 amide bonds.